The Hall–Kier alpha value is -4.19. The highest BCUT2D eigenvalue weighted by molar-refractivity contribution is 6.04. The molecule has 6 heteroatoms. The first-order valence-electron chi connectivity index (χ1n) is 13.3. The number of amides is 2. The molecule has 0 bridgehead atoms. The molecule has 4 aromatic rings. The summed E-state index contributed by atoms with van der Waals surface area (Å²) in [5, 5.41) is 4.22. The van der Waals surface area contributed by atoms with Gasteiger partial charge in [0.05, 0.1) is 6.42 Å². The predicted molar refractivity (Wildman–Crippen MR) is 150 cm³/mol. The van der Waals surface area contributed by atoms with E-state index in [0.29, 0.717) is 11.3 Å². The first-order valence-corrected chi connectivity index (χ1v) is 13.3. The third-order valence-corrected chi connectivity index (χ3v) is 7.39. The number of nitrogens with zero attached hydrogens (tertiary/aromatic N) is 1. The fourth-order valence-electron chi connectivity index (χ4n) is 5.42. The molecule has 1 heterocycles. The number of aromatic amines is 1. The van der Waals surface area contributed by atoms with E-state index in [1.54, 1.807) is 29.2 Å². The molecule has 5 rings (SSSR count). The van der Waals surface area contributed by atoms with Crippen LogP contribution in [0.2, 0.25) is 0 Å². The van der Waals surface area contributed by atoms with E-state index in [1.807, 2.05) is 60.8 Å². The Morgan fingerprint density at radius 3 is 2.42 bits per heavy atom. The second-order valence-electron chi connectivity index (χ2n) is 10.1. The van der Waals surface area contributed by atoms with Crippen molar-refractivity contribution in [2.24, 2.45) is 0 Å². The molecule has 0 spiro atoms. The van der Waals surface area contributed by atoms with Gasteiger partial charge in [-0.15, -0.1) is 0 Å². The maximum atomic E-state index is 14.2. The molecule has 1 aromatic heterocycles. The second kappa shape index (κ2) is 11.5. The van der Waals surface area contributed by atoms with Crippen molar-refractivity contribution in [2.75, 3.05) is 4.90 Å². The summed E-state index contributed by atoms with van der Waals surface area (Å²) >= 11 is 0. The van der Waals surface area contributed by atoms with Crippen LogP contribution in [0.25, 0.3) is 10.9 Å². The highest BCUT2D eigenvalue weighted by Crippen LogP contribution is 2.31. The lowest BCUT2D eigenvalue weighted by Crippen LogP contribution is -2.47. The summed E-state index contributed by atoms with van der Waals surface area (Å²) in [4.78, 5) is 45.2. The molecule has 2 N–H and O–H groups in total. The van der Waals surface area contributed by atoms with Crippen molar-refractivity contribution in [3.8, 4) is 0 Å². The van der Waals surface area contributed by atoms with Gasteiger partial charge in [-0.2, -0.15) is 0 Å². The van der Waals surface area contributed by atoms with E-state index >= 15 is 0 Å². The van der Waals surface area contributed by atoms with Gasteiger partial charge in [0.25, 0.3) is 0 Å². The number of fused-ring (bicyclic) bond motifs is 1. The zero-order chi connectivity index (χ0) is 26.5. The van der Waals surface area contributed by atoms with Gasteiger partial charge < -0.3 is 10.3 Å². The molecular formula is C32H33N3O3. The lowest BCUT2D eigenvalue weighted by molar-refractivity contribution is -0.127. The molecule has 1 aliphatic rings. The molecule has 1 aliphatic carbocycles. The molecule has 3 aromatic carbocycles. The maximum absolute atomic E-state index is 14.2. The number of benzene rings is 3. The highest BCUT2D eigenvalue weighted by Gasteiger charge is 2.34. The van der Waals surface area contributed by atoms with Crippen molar-refractivity contribution in [1.82, 2.24) is 10.3 Å². The number of para-hydroxylation sites is 1. The molecular weight excluding hydrogens is 474 g/mol. The van der Waals surface area contributed by atoms with Gasteiger partial charge in [-0.1, -0.05) is 79.9 Å². The summed E-state index contributed by atoms with van der Waals surface area (Å²) in [6, 6.07) is 23.5. The molecule has 0 radical (unpaired) electrons. The average molecular weight is 508 g/mol. The molecule has 2 amide bonds. The first kappa shape index (κ1) is 25.5. The van der Waals surface area contributed by atoms with E-state index in [2.05, 4.69) is 10.3 Å². The summed E-state index contributed by atoms with van der Waals surface area (Å²) in [5.41, 5.74) is 3.55. The van der Waals surface area contributed by atoms with E-state index in [9.17, 15) is 14.4 Å². The van der Waals surface area contributed by atoms with Crippen LogP contribution in [0.3, 0.4) is 0 Å². The van der Waals surface area contributed by atoms with E-state index < -0.39 is 6.04 Å². The number of rotatable bonds is 8. The summed E-state index contributed by atoms with van der Waals surface area (Å²) in [6.45, 7) is 1.50. The van der Waals surface area contributed by atoms with Gasteiger partial charge in [0.15, 0.2) is 5.78 Å². The number of carbonyl (C=O) groups is 3. The van der Waals surface area contributed by atoms with Crippen molar-refractivity contribution in [1.29, 1.82) is 0 Å². The summed E-state index contributed by atoms with van der Waals surface area (Å²) < 4.78 is 0. The number of hydrogen-bond acceptors (Lipinski definition) is 3. The van der Waals surface area contributed by atoms with Gasteiger partial charge in [-0.05, 0) is 49.1 Å². The molecule has 0 unspecified atom stereocenters. The molecule has 194 valence electrons. The number of H-pyrrole nitrogens is 1. The van der Waals surface area contributed by atoms with Crippen LogP contribution in [0.1, 0.15) is 66.6 Å². The Bertz CT molecular complexity index is 1440. The van der Waals surface area contributed by atoms with E-state index in [0.717, 1.165) is 47.7 Å². The minimum atomic E-state index is -0.877. The topological polar surface area (TPSA) is 82.3 Å². The van der Waals surface area contributed by atoms with Crippen LogP contribution >= 0.6 is 0 Å². The number of anilines is 1. The van der Waals surface area contributed by atoms with Gasteiger partial charge >= 0.3 is 0 Å². The van der Waals surface area contributed by atoms with Gasteiger partial charge in [0, 0.05) is 34.4 Å². The van der Waals surface area contributed by atoms with Crippen LogP contribution < -0.4 is 10.2 Å². The van der Waals surface area contributed by atoms with Crippen molar-refractivity contribution >= 4 is 34.2 Å². The minimum absolute atomic E-state index is 0.0941. The normalized spacial score (nSPS) is 14.7. The smallest absolute Gasteiger partial charge is 0.248 e. The fourth-order valence-corrected chi connectivity index (χ4v) is 5.42. The summed E-state index contributed by atoms with van der Waals surface area (Å²) in [5.74, 6) is -0.523. The number of carbonyl (C=O) groups excluding carboxylic acids is 3. The van der Waals surface area contributed by atoms with E-state index in [-0.39, 0.29) is 30.1 Å². The Balaban J connectivity index is 1.57. The number of aromatic nitrogens is 1. The first-order chi connectivity index (χ1) is 18.5. The summed E-state index contributed by atoms with van der Waals surface area (Å²) in [7, 11) is 0. The van der Waals surface area contributed by atoms with Crippen LogP contribution in [0.5, 0.6) is 0 Å². The van der Waals surface area contributed by atoms with Crippen molar-refractivity contribution < 1.29 is 14.4 Å². The molecule has 38 heavy (non-hydrogen) atoms. The molecule has 1 atom stereocenters. The Kier molecular flexibility index (Phi) is 7.68. The average Bonchev–Trinajstić information content (AvgIpc) is 3.35. The van der Waals surface area contributed by atoms with Gasteiger partial charge in [0.2, 0.25) is 11.8 Å². The largest absolute Gasteiger partial charge is 0.361 e. The van der Waals surface area contributed by atoms with Gasteiger partial charge in [-0.25, -0.2) is 0 Å². The lowest BCUT2D eigenvalue weighted by atomic mass is 9.94. The number of Topliss-reactive ketones (excluding diaryl/α,β-unsaturated/α-hetero) is 1. The highest BCUT2D eigenvalue weighted by atomic mass is 16.2. The minimum Gasteiger partial charge on any atom is -0.361 e. The molecule has 1 saturated carbocycles. The number of hydrogen-bond donors (Lipinski definition) is 2. The predicted octanol–water partition coefficient (Wildman–Crippen LogP) is 6.14. The standard InChI is InChI=1S/C32H33N3O3/c1-22(36)24-13-10-16-27(19-24)35(30(37)20-25-21-33-29-18-9-8-17-28(25)29)31(23-11-4-2-5-12-23)32(38)34-26-14-6-3-7-15-26/h2,4-5,8-13,16-19,21,26,31,33H,3,6-7,14-15,20H2,1H3,(H,34,38)/t31-/m1/s1. The van der Waals surface area contributed by atoms with Crippen molar-refractivity contribution in [3.05, 3.63) is 102 Å². The van der Waals surface area contributed by atoms with E-state index in [4.69, 9.17) is 0 Å². The fraction of sp³-hybridized carbons (Fsp3) is 0.281. The molecule has 1 fully saturated rings. The van der Waals surface area contributed by atoms with Crippen LogP contribution in [0.4, 0.5) is 5.69 Å². The van der Waals surface area contributed by atoms with Crippen LogP contribution in [-0.4, -0.2) is 28.6 Å². The Labute approximate surface area is 223 Å². The Morgan fingerprint density at radius 1 is 0.921 bits per heavy atom. The maximum Gasteiger partial charge on any atom is 0.248 e. The molecule has 0 aliphatic heterocycles. The molecule has 6 nitrogen and oxygen atoms in total. The summed E-state index contributed by atoms with van der Waals surface area (Å²) in [6.07, 6.45) is 7.20. The van der Waals surface area contributed by atoms with Crippen molar-refractivity contribution in [3.63, 3.8) is 0 Å². The third-order valence-electron chi connectivity index (χ3n) is 7.39. The monoisotopic (exact) mass is 507 g/mol. The van der Waals surface area contributed by atoms with Crippen molar-refractivity contribution in [2.45, 2.75) is 57.5 Å². The van der Waals surface area contributed by atoms with Crippen LogP contribution in [0.15, 0.2) is 85.1 Å². The Morgan fingerprint density at radius 2 is 1.66 bits per heavy atom. The van der Waals surface area contributed by atoms with Crippen LogP contribution in [-0.2, 0) is 16.0 Å². The molecule has 0 saturated heterocycles. The quantitative estimate of drug-likeness (QED) is 0.281. The van der Waals surface area contributed by atoms with Gasteiger partial charge in [-0.3, -0.25) is 19.3 Å². The number of ketones is 1. The SMILES string of the molecule is CC(=O)c1cccc(N(C(=O)Cc2c[nH]c3ccccc23)[C@@H](C(=O)NC2CCCCC2)c2ccccc2)c1. The van der Waals surface area contributed by atoms with Crippen LogP contribution in [0, 0.1) is 0 Å². The van der Waals surface area contributed by atoms with E-state index in [1.165, 1.54) is 13.3 Å². The number of nitrogens with one attached hydrogen (secondary N) is 2. The zero-order valence-corrected chi connectivity index (χ0v) is 21.7. The second-order valence-corrected chi connectivity index (χ2v) is 10.1. The third kappa shape index (κ3) is 5.54. The zero-order valence-electron chi connectivity index (χ0n) is 21.7. The van der Waals surface area contributed by atoms with Gasteiger partial charge in [0.1, 0.15) is 6.04 Å². The lowest BCUT2D eigenvalue weighted by Gasteiger charge is -2.33.